The molecule has 0 saturated carbocycles. The molecule has 0 radical (unpaired) electrons. The SMILES string of the molecule is COc1cccc([C@@H]2C[C@H](C(=O)N3CCC(C(N)=O)CC3)N(C)S(=O)(=O)N2)c1. The zero-order valence-corrected chi connectivity index (χ0v) is 16.8. The number of likely N-dealkylation sites (tertiary alicyclic amines) is 1. The van der Waals surface area contributed by atoms with Gasteiger partial charge in [0.05, 0.1) is 13.2 Å². The highest BCUT2D eigenvalue weighted by atomic mass is 32.2. The van der Waals surface area contributed by atoms with Gasteiger partial charge in [0.15, 0.2) is 0 Å². The van der Waals surface area contributed by atoms with Gasteiger partial charge < -0.3 is 15.4 Å². The van der Waals surface area contributed by atoms with Crippen LogP contribution in [0.15, 0.2) is 24.3 Å². The highest BCUT2D eigenvalue weighted by molar-refractivity contribution is 7.87. The monoisotopic (exact) mass is 410 g/mol. The number of benzene rings is 1. The second-order valence-corrected chi connectivity index (χ2v) is 8.98. The molecular formula is C18H26N4O5S. The van der Waals surface area contributed by atoms with Gasteiger partial charge in [-0.1, -0.05) is 12.1 Å². The summed E-state index contributed by atoms with van der Waals surface area (Å²) in [5.74, 6) is -0.217. The van der Waals surface area contributed by atoms with Crippen LogP contribution in [0.2, 0.25) is 0 Å². The second-order valence-electron chi connectivity index (χ2n) is 7.22. The van der Waals surface area contributed by atoms with Crippen LogP contribution in [0.25, 0.3) is 0 Å². The molecular weight excluding hydrogens is 384 g/mol. The van der Waals surface area contributed by atoms with Crippen LogP contribution in [0.3, 0.4) is 0 Å². The van der Waals surface area contributed by atoms with Crippen molar-refractivity contribution in [1.82, 2.24) is 13.9 Å². The highest BCUT2D eigenvalue weighted by Gasteiger charge is 2.42. The largest absolute Gasteiger partial charge is 0.497 e. The molecule has 2 fully saturated rings. The lowest BCUT2D eigenvalue weighted by Crippen LogP contribution is -2.58. The van der Waals surface area contributed by atoms with E-state index in [1.54, 1.807) is 36.3 Å². The van der Waals surface area contributed by atoms with Gasteiger partial charge in [-0.3, -0.25) is 9.59 Å². The minimum absolute atomic E-state index is 0.233. The molecule has 0 unspecified atom stereocenters. The molecule has 28 heavy (non-hydrogen) atoms. The number of primary amides is 1. The fraction of sp³-hybridized carbons (Fsp3) is 0.556. The van der Waals surface area contributed by atoms with E-state index in [1.807, 2.05) is 0 Å². The molecule has 2 aliphatic rings. The van der Waals surface area contributed by atoms with E-state index < -0.39 is 22.3 Å². The summed E-state index contributed by atoms with van der Waals surface area (Å²) in [6, 6.07) is 5.78. The van der Waals surface area contributed by atoms with Crippen LogP contribution in [0.5, 0.6) is 5.75 Å². The molecule has 0 spiro atoms. The lowest BCUT2D eigenvalue weighted by Gasteiger charge is -2.40. The quantitative estimate of drug-likeness (QED) is 0.723. The zero-order chi connectivity index (χ0) is 20.5. The topological polar surface area (TPSA) is 122 Å². The zero-order valence-electron chi connectivity index (χ0n) is 16.0. The van der Waals surface area contributed by atoms with Gasteiger partial charge in [-0.25, -0.2) is 0 Å². The fourth-order valence-electron chi connectivity index (χ4n) is 3.76. The molecule has 1 aromatic carbocycles. The van der Waals surface area contributed by atoms with Crippen LogP contribution in [-0.2, 0) is 19.8 Å². The Morgan fingerprint density at radius 3 is 2.54 bits per heavy atom. The summed E-state index contributed by atoms with van der Waals surface area (Å²) in [6.07, 6.45) is 1.31. The molecule has 2 atom stereocenters. The third-order valence-corrected chi connectivity index (χ3v) is 7.15. The Labute approximate surface area is 165 Å². The van der Waals surface area contributed by atoms with Gasteiger partial charge in [0.1, 0.15) is 11.8 Å². The number of nitrogens with zero attached hydrogens (tertiary/aromatic N) is 2. The summed E-state index contributed by atoms with van der Waals surface area (Å²) in [5.41, 5.74) is 6.08. The number of carbonyl (C=O) groups is 2. The van der Waals surface area contributed by atoms with Crippen molar-refractivity contribution in [3.05, 3.63) is 29.8 Å². The summed E-state index contributed by atoms with van der Waals surface area (Å²) in [6.45, 7) is 0.794. The molecule has 10 heteroatoms. The molecule has 2 saturated heterocycles. The van der Waals surface area contributed by atoms with E-state index in [9.17, 15) is 18.0 Å². The van der Waals surface area contributed by atoms with Gasteiger partial charge >= 0.3 is 0 Å². The average molecular weight is 410 g/mol. The number of ether oxygens (including phenoxy) is 1. The van der Waals surface area contributed by atoms with Crippen LogP contribution in [0.1, 0.15) is 30.9 Å². The number of hydrogen-bond acceptors (Lipinski definition) is 5. The van der Waals surface area contributed by atoms with Crippen molar-refractivity contribution in [1.29, 1.82) is 0 Å². The van der Waals surface area contributed by atoms with E-state index in [2.05, 4.69) is 4.72 Å². The van der Waals surface area contributed by atoms with E-state index in [0.29, 0.717) is 38.1 Å². The van der Waals surface area contributed by atoms with E-state index in [-0.39, 0.29) is 17.7 Å². The fourth-order valence-corrected chi connectivity index (χ4v) is 5.03. The maximum atomic E-state index is 13.1. The van der Waals surface area contributed by atoms with Crippen LogP contribution in [-0.4, -0.2) is 62.7 Å². The summed E-state index contributed by atoms with van der Waals surface area (Å²) in [4.78, 5) is 26.0. The third-order valence-electron chi connectivity index (χ3n) is 5.56. The third kappa shape index (κ3) is 4.13. The molecule has 0 aliphatic carbocycles. The number of carbonyl (C=O) groups excluding carboxylic acids is 2. The molecule has 2 aliphatic heterocycles. The second kappa shape index (κ2) is 8.06. The normalized spacial score (nSPS) is 26.0. The summed E-state index contributed by atoms with van der Waals surface area (Å²) < 4.78 is 34.2. The standard InChI is InChI=1S/C18H26N4O5S/c1-21-16(18(24)22-8-6-12(7-9-22)17(19)23)11-15(20-28(21,25)26)13-4-3-5-14(10-13)27-2/h3-5,10,12,15-16,20H,6-9,11H2,1-2H3,(H2,19,23)/t15-,16+/m0/s1. The maximum Gasteiger partial charge on any atom is 0.280 e. The van der Waals surface area contributed by atoms with Crippen molar-refractivity contribution in [2.75, 3.05) is 27.2 Å². The first kappa shape index (κ1) is 20.6. The first-order valence-electron chi connectivity index (χ1n) is 9.20. The Hall–Kier alpha value is -2.17. The molecule has 9 nitrogen and oxygen atoms in total. The van der Waals surface area contributed by atoms with Crippen LogP contribution in [0.4, 0.5) is 0 Å². The Morgan fingerprint density at radius 2 is 1.93 bits per heavy atom. The van der Waals surface area contributed by atoms with E-state index >= 15 is 0 Å². The molecule has 154 valence electrons. The van der Waals surface area contributed by atoms with Crippen molar-refractivity contribution in [3.8, 4) is 5.75 Å². The molecule has 2 amide bonds. The highest BCUT2D eigenvalue weighted by Crippen LogP contribution is 2.31. The number of nitrogens with two attached hydrogens (primary N) is 1. The number of nitrogens with one attached hydrogen (secondary N) is 1. The van der Waals surface area contributed by atoms with Crippen molar-refractivity contribution < 1.29 is 22.7 Å². The number of amides is 2. The van der Waals surface area contributed by atoms with Crippen LogP contribution < -0.4 is 15.2 Å². The van der Waals surface area contributed by atoms with Gasteiger partial charge in [0.25, 0.3) is 10.2 Å². The maximum absolute atomic E-state index is 13.1. The van der Waals surface area contributed by atoms with Crippen molar-refractivity contribution in [2.24, 2.45) is 11.7 Å². The summed E-state index contributed by atoms with van der Waals surface area (Å²) in [5, 5.41) is 0. The number of piperidine rings is 1. The Balaban J connectivity index is 1.79. The van der Waals surface area contributed by atoms with E-state index in [4.69, 9.17) is 10.5 Å². The minimum Gasteiger partial charge on any atom is -0.497 e. The van der Waals surface area contributed by atoms with Gasteiger partial charge in [-0.15, -0.1) is 0 Å². The average Bonchev–Trinajstić information content (AvgIpc) is 2.69. The summed E-state index contributed by atoms with van der Waals surface area (Å²) >= 11 is 0. The molecule has 2 heterocycles. The lowest BCUT2D eigenvalue weighted by molar-refractivity contribution is -0.138. The van der Waals surface area contributed by atoms with Crippen molar-refractivity contribution in [2.45, 2.75) is 31.3 Å². The van der Waals surface area contributed by atoms with Crippen LogP contribution >= 0.6 is 0 Å². The number of likely N-dealkylation sites (N-methyl/N-ethyl adjacent to an activating group) is 1. The first-order valence-corrected chi connectivity index (χ1v) is 10.6. The molecule has 0 aromatic heterocycles. The van der Waals surface area contributed by atoms with Gasteiger partial charge in [-0.2, -0.15) is 17.4 Å². The van der Waals surface area contributed by atoms with Gasteiger partial charge in [-0.05, 0) is 37.0 Å². The smallest absolute Gasteiger partial charge is 0.280 e. The minimum atomic E-state index is -3.81. The molecule has 0 bridgehead atoms. The van der Waals surface area contributed by atoms with E-state index in [1.165, 1.54) is 7.05 Å². The molecule has 3 N–H and O–H groups in total. The summed E-state index contributed by atoms with van der Waals surface area (Å²) in [7, 11) is -0.867. The number of hydrogen-bond donors (Lipinski definition) is 2. The Kier molecular flexibility index (Phi) is 5.92. The Morgan fingerprint density at radius 1 is 1.25 bits per heavy atom. The number of methoxy groups -OCH3 is 1. The van der Waals surface area contributed by atoms with Crippen molar-refractivity contribution >= 4 is 22.0 Å². The van der Waals surface area contributed by atoms with E-state index in [0.717, 1.165) is 9.87 Å². The predicted molar refractivity (Wildman–Crippen MR) is 102 cm³/mol. The van der Waals surface area contributed by atoms with Crippen LogP contribution in [0, 0.1) is 5.92 Å². The van der Waals surface area contributed by atoms with Crippen molar-refractivity contribution in [3.63, 3.8) is 0 Å². The first-order chi connectivity index (χ1) is 13.2. The van der Waals surface area contributed by atoms with Gasteiger partial charge in [0, 0.05) is 26.1 Å². The molecule has 3 rings (SSSR count). The lowest BCUT2D eigenvalue weighted by atomic mass is 9.94. The Bertz CT molecular complexity index is 851. The molecule has 1 aromatic rings. The van der Waals surface area contributed by atoms with Gasteiger partial charge in [0.2, 0.25) is 11.8 Å². The number of rotatable bonds is 4. The predicted octanol–water partition coefficient (Wildman–Crippen LogP) is -0.00130.